The third-order valence-electron chi connectivity index (χ3n) is 6.13. The fourth-order valence-corrected chi connectivity index (χ4v) is 4.38. The average Bonchev–Trinajstić information content (AvgIpc) is 3.27. The van der Waals surface area contributed by atoms with Crippen LogP contribution in [0.4, 0.5) is 0 Å². The normalized spacial score (nSPS) is 24.3. The quantitative estimate of drug-likeness (QED) is 0.521. The van der Waals surface area contributed by atoms with E-state index in [1.165, 1.54) is 0 Å². The summed E-state index contributed by atoms with van der Waals surface area (Å²) in [4.78, 5) is 39.8. The molecule has 0 unspecified atom stereocenters. The predicted molar refractivity (Wildman–Crippen MR) is 121 cm³/mol. The van der Waals surface area contributed by atoms with E-state index in [0.717, 1.165) is 24.8 Å². The Morgan fingerprint density at radius 3 is 2.78 bits per heavy atom. The summed E-state index contributed by atoms with van der Waals surface area (Å²) < 4.78 is 5.39. The van der Waals surface area contributed by atoms with E-state index in [4.69, 9.17) is 4.74 Å². The number of benzene rings is 1. The van der Waals surface area contributed by atoms with Gasteiger partial charge in [0.25, 0.3) is 0 Å². The molecule has 1 aromatic rings. The molecule has 7 nitrogen and oxygen atoms in total. The van der Waals surface area contributed by atoms with Gasteiger partial charge in [-0.25, -0.2) is 0 Å². The minimum Gasteiger partial charge on any atom is -0.463 e. The maximum atomic E-state index is 13.3. The number of cyclic esters (lactones) is 1. The number of hydrogen-bond donors (Lipinski definition) is 2. The summed E-state index contributed by atoms with van der Waals surface area (Å²) in [5.41, 5.74) is 1.03. The number of fused-ring (bicyclic) bond motifs is 1. The molecule has 174 valence electrons. The molecule has 2 aliphatic heterocycles. The van der Waals surface area contributed by atoms with Gasteiger partial charge in [0.15, 0.2) is 0 Å². The van der Waals surface area contributed by atoms with Crippen LogP contribution in [-0.4, -0.2) is 59.6 Å². The van der Waals surface area contributed by atoms with Gasteiger partial charge < -0.3 is 20.1 Å². The third-order valence-corrected chi connectivity index (χ3v) is 6.13. The number of ether oxygens (including phenoxy) is 1. The number of carbonyl (C=O) groups excluding carboxylic acids is 3. The van der Waals surface area contributed by atoms with E-state index in [1.807, 2.05) is 42.5 Å². The van der Waals surface area contributed by atoms with Crippen LogP contribution in [0.1, 0.15) is 50.5 Å². The lowest BCUT2D eigenvalue weighted by Crippen LogP contribution is -2.45. The Morgan fingerprint density at radius 1 is 1.19 bits per heavy atom. The number of rotatable bonds is 6. The van der Waals surface area contributed by atoms with Crippen LogP contribution in [0.3, 0.4) is 0 Å². The largest absolute Gasteiger partial charge is 0.463 e. The van der Waals surface area contributed by atoms with Gasteiger partial charge in [0.1, 0.15) is 6.61 Å². The lowest BCUT2D eigenvalue weighted by molar-refractivity contribution is -0.148. The van der Waals surface area contributed by atoms with Crippen molar-refractivity contribution in [1.82, 2.24) is 10.2 Å². The lowest BCUT2D eigenvalue weighted by atomic mass is 9.97. The summed E-state index contributed by atoms with van der Waals surface area (Å²) in [5, 5.41) is 12.6. The highest BCUT2D eigenvalue weighted by Gasteiger charge is 2.34. The van der Waals surface area contributed by atoms with Crippen molar-refractivity contribution in [1.29, 1.82) is 0 Å². The average molecular weight is 443 g/mol. The van der Waals surface area contributed by atoms with E-state index in [9.17, 15) is 19.5 Å². The molecule has 0 radical (unpaired) electrons. The Kier molecular flexibility index (Phi) is 9.28. The maximum Gasteiger partial charge on any atom is 0.305 e. The number of carbonyl (C=O) groups is 3. The van der Waals surface area contributed by atoms with Crippen LogP contribution in [0.2, 0.25) is 0 Å². The molecule has 0 aliphatic carbocycles. The van der Waals surface area contributed by atoms with Gasteiger partial charge in [0.2, 0.25) is 11.8 Å². The lowest BCUT2D eigenvalue weighted by Gasteiger charge is -2.28. The molecule has 1 aromatic carbocycles. The molecule has 0 bridgehead atoms. The Bertz CT molecular complexity index is 795. The molecular weight excluding hydrogens is 408 g/mol. The molecule has 3 rings (SSSR count). The summed E-state index contributed by atoms with van der Waals surface area (Å²) >= 11 is 0. The minimum absolute atomic E-state index is 0.0637. The number of allylic oxidation sites excluding steroid dienone is 2. The summed E-state index contributed by atoms with van der Waals surface area (Å²) in [5.74, 6) is -0.995. The zero-order valence-corrected chi connectivity index (χ0v) is 18.6. The fraction of sp³-hybridized carbons (Fsp3) is 0.560. The first-order valence-electron chi connectivity index (χ1n) is 11.6. The zero-order valence-electron chi connectivity index (χ0n) is 18.6. The van der Waals surface area contributed by atoms with Crippen molar-refractivity contribution in [3.63, 3.8) is 0 Å². The van der Waals surface area contributed by atoms with E-state index in [-0.39, 0.29) is 43.5 Å². The van der Waals surface area contributed by atoms with Gasteiger partial charge in [-0.2, -0.15) is 0 Å². The van der Waals surface area contributed by atoms with Crippen LogP contribution < -0.4 is 5.32 Å². The zero-order chi connectivity index (χ0) is 22.8. The summed E-state index contributed by atoms with van der Waals surface area (Å²) in [7, 11) is 0. The number of nitrogens with one attached hydrogen (secondary N) is 1. The van der Waals surface area contributed by atoms with Crippen LogP contribution in [0, 0.1) is 5.92 Å². The van der Waals surface area contributed by atoms with E-state index in [0.29, 0.717) is 32.2 Å². The highest BCUT2D eigenvalue weighted by molar-refractivity contribution is 5.86. The molecule has 3 atom stereocenters. The first kappa shape index (κ1) is 24.0. The molecule has 2 heterocycles. The van der Waals surface area contributed by atoms with Gasteiger partial charge in [-0.15, -0.1) is 0 Å². The van der Waals surface area contributed by atoms with Crippen molar-refractivity contribution in [2.45, 2.75) is 63.5 Å². The first-order valence-corrected chi connectivity index (χ1v) is 11.6. The van der Waals surface area contributed by atoms with Crippen LogP contribution in [-0.2, 0) is 25.5 Å². The predicted octanol–water partition coefficient (Wildman–Crippen LogP) is 2.38. The van der Waals surface area contributed by atoms with Gasteiger partial charge in [-0.05, 0) is 44.1 Å². The number of nitrogens with zero attached hydrogens (tertiary/aromatic N) is 1. The fourth-order valence-electron chi connectivity index (χ4n) is 4.38. The van der Waals surface area contributed by atoms with E-state index >= 15 is 0 Å². The molecule has 32 heavy (non-hydrogen) atoms. The summed E-state index contributed by atoms with van der Waals surface area (Å²) in [6.45, 7) is 0.676. The molecule has 7 heteroatoms. The molecular formula is C25H34N2O5. The van der Waals surface area contributed by atoms with Gasteiger partial charge in [-0.1, -0.05) is 42.5 Å². The first-order chi connectivity index (χ1) is 15.6. The number of aliphatic hydroxyl groups is 1. The van der Waals surface area contributed by atoms with Gasteiger partial charge in [0, 0.05) is 19.4 Å². The molecule has 0 aromatic heterocycles. The smallest absolute Gasteiger partial charge is 0.305 e. The molecule has 0 saturated carbocycles. The Morgan fingerprint density at radius 2 is 2.00 bits per heavy atom. The summed E-state index contributed by atoms with van der Waals surface area (Å²) in [6, 6.07) is 9.17. The number of hydrogen-bond acceptors (Lipinski definition) is 5. The Labute approximate surface area is 189 Å². The second kappa shape index (κ2) is 12.4. The van der Waals surface area contributed by atoms with Crippen molar-refractivity contribution in [3.8, 4) is 0 Å². The topological polar surface area (TPSA) is 95.9 Å². The van der Waals surface area contributed by atoms with E-state index in [2.05, 4.69) is 5.32 Å². The standard InChI is InChI=1S/C25H34N2O5/c28-17-21(15-19-9-4-3-5-10-19)26-23(29)16-20-11-6-1-2-7-13-24(30)32-18-22-12-8-14-27(22)25(20)31/h1,3-6,9-10,20-22,28H,2,7-8,11-18H2,(H,26,29)/b6-1-/t20-,21+,22-/m0/s1. The van der Waals surface area contributed by atoms with Crippen LogP contribution in [0.25, 0.3) is 0 Å². The molecule has 2 amide bonds. The van der Waals surface area contributed by atoms with Crippen molar-refractivity contribution in [2.75, 3.05) is 19.8 Å². The SMILES string of the molecule is O=C(C[C@@H]1C/C=C\CCCC(=O)OC[C@@H]2CCCN2C1=O)N[C@@H](CO)Cc1ccccc1. The molecule has 1 fully saturated rings. The summed E-state index contributed by atoms with van der Waals surface area (Å²) in [6.07, 6.45) is 8.48. The maximum absolute atomic E-state index is 13.3. The van der Waals surface area contributed by atoms with Crippen molar-refractivity contribution >= 4 is 17.8 Å². The van der Waals surface area contributed by atoms with Crippen LogP contribution >= 0.6 is 0 Å². The van der Waals surface area contributed by atoms with Gasteiger partial charge in [0.05, 0.1) is 24.6 Å². The van der Waals surface area contributed by atoms with E-state index < -0.39 is 12.0 Å². The molecule has 0 spiro atoms. The molecule has 1 saturated heterocycles. The van der Waals surface area contributed by atoms with E-state index in [1.54, 1.807) is 4.90 Å². The van der Waals surface area contributed by atoms with Crippen molar-refractivity contribution in [3.05, 3.63) is 48.0 Å². The Hall–Kier alpha value is -2.67. The van der Waals surface area contributed by atoms with Crippen LogP contribution in [0.5, 0.6) is 0 Å². The van der Waals surface area contributed by atoms with Gasteiger partial charge >= 0.3 is 5.97 Å². The highest BCUT2D eigenvalue weighted by atomic mass is 16.5. The monoisotopic (exact) mass is 442 g/mol. The number of aliphatic hydroxyl groups excluding tert-OH is 1. The third kappa shape index (κ3) is 7.19. The van der Waals surface area contributed by atoms with Crippen molar-refractivity contribution < 1.29 is 24.2 Å². The van der Waals surface area contributed by atoms with Gasteiger partial charge in [-0.3, -0.25) is 14.4 Å². The molecule has 2 aliphatic rings. The highest BCUT2D eigenvalue weighted by Crippen LogP contribution is 2.24. The second-order valence-electron chi connectivity index (χ2n) is 8.65. The Balaban J connectivity index is 1.65. The van der Waals surface area contributed by atoms with Crippen molar-refractivity contribution in [2.24, 2.45) is 5.92 Å². The second-order valence-corrected chi connectivity index (χ2v) is 8.65. The minimum atomic E-state index is -0.473. The van der Waals surface area contributed by atoms with Crippen LogP contribution in [0.15, 0.2) is 42.5 Å². The number of amides is 2. The number of esters is 1. The molecule has 2 N–H and O–H groups in total.